The lowest BCUT2D eigenvalue weighted by atomic mass is 9.94. The van der Waals surface area contributed by atoms with Crippen LogP contribution in [0.3, 0.4) is 0 Å². The molecule has 0 bridgehead atoms. The maximum Gasteiger partial charge on any atom is 0.242 e. The van der Waals surface area contributed by atoms with Crippen molar-refractivity contribution in [2.24, 2.45) is 5.92 Å². The van der Waals surface area contributed by atoms with Gasteiger partial charge in [-0.3, -0.25) is 20.4 Å². The third kappa shape index (κ3) is 4.25. The summed E-state index contributed by atoms with van der Waals surface area (Å²) < 4.78 is 0. The van der Waals surface area contributed by atoms with E-state index in [1.807, 2.05) is 36.4 Å². The predicted molar refractivity (Wildman–Crippen MR) is 72.9 cm³/mol. The smallest absolute Gasteiger partial charge is 0.242 e. The highest BCUT2D eigenvalue weighted by molar-refractivity contribution is 5.84. The lowest BCUT2D eigenvalue weighted by Gasteiger charge is -2.17. The van der Waals surface area contributed by atoms with Crippen LogP contribution in [0.5, 0.6) is 0 Å². The van der Waals surface area contributed by atoms with Gasteiger partial charge < -0.3 is 0 Å². The summed E-state index contributed by atoms with van der Waals surface area (Å²) in [7, 11) is 0. The third-order valence-corrected chi connectivity index (χ3v) is 3.17. The number of amides is 2. The van der Waals surface area contributed by atoms with Crippen molar-refractivity contribution in [1.82, 2.24) is 10.9 Å². The van der Waals surface area contributed by atoms with E-state index in [2.05, 4.69) is 16.9 Å². The Morgan fingerprint density at radius 3 is 2.58 bits per heavy atom. The molecule has 4 nitrogen and oxygen atoms in total. The van der Waals surface area contributed by atoms with Gasteiger partial charge in [-0.15, -0.1) is 0 Å². The Kier molecular flexibility index (Phi) is 4.72. The number of allylic oxidation sites excluding steroid dienone is 2. The summed E-state index contributed by atoms with van der Waals surface area (Å²) >= 11 is 0. The van der Waals surface area contributed by atoms with E-state index in [9.17, 15) is 9.59 Å². The van der Waals surface area contributed by atoms with Crippen LogP contribution in [0.15, 0.2) is 42.5 Å². The molecule has 100 valence electrons. The van der Waals surface area contributed by atoms with E-state index in [0.717, 1.165) is 24.8 Å². The minimum atomic E-state index is -0.203. The second-order valence-electron chi connectivity index (χ2n) is 4.68. The molecule has 0 spiro atoms. The zero-order valence-corrected chi connectivity index (χ0v) is 10.8. The molecular weight excluding hydrogens is 240 g/mol. The average Bonchev–Trinajstić information content (AvgIpc) is 2.47. The summed E-state index contributed by atoms with van der Waals surface area (Å²) in [6.07, 6.45) is 6.89. The Bertz CT molecular complexity index is 468. The van der Waals surface area contributed by atoms with Gasteiger partial charge in [-0.05, 0) is 24.8 Å². The number of rotatable bonds is 3. The summed E-state index contributed by atoms with van der Waals surface area (Å²) in [6.45, 7) is 0. The van der Waals surface area contributed by atoms with Crippen LogP contribution >= 0.6 is 0 Å². The molecule has 0 saturated carbocycles. The van der Waals surface area contributed by atoms with Crippen molar-refractivity contribution in [3.63, 3.8) is 0 Å². The first-order valence-corrected chi connectivity index (χ1v) is 6.53. The normalized spacial score (nSPS) is 17.8. The van der Waals surface area contributed by atoms with Crippen LogP contribution in [0.25, 0.3) is 0 Å². The Morgan fingerprint density at radius 2 is 1.89 bits per heavy atom. The molecule has 2 N–H and O–H groups in total. The van der Waals surface area contributed by atoms with Crippen molar-refractivity contribution < 1.29 is 9.59 Å². The first-order valence-electron chi connectivity index (χ1n) is 6.53. The van der Waals surface area contributed by atoms with E-state index in [-0.39, 0.29) is 24.2 Å². The monoisotopic (exact) mass is 258 g/mol. The molecule has 4 heteroatoms. The van der Waals surface area contributed by atoms with Crippen molar-refractivity contribution in [2.75, 3.05) is 0 Å². The first-order chi connectivity index (χ1) is 9.25. The second kappa shape index (κ2) is 6.73. The molecule has 0 radical (unpaired) electrons. The van der Waals surface area contributed by atoms with E-state index >= 15 is 0 Å². The molecule has 1 aromatic rings. The van der Waals surface area contributed by atoms with Crippen molar-refractivity contribution >= 4 is 11.8 Å². The van der Waals surface area contributed by atoms with Gasteiger partial charge in [0, 0.05) is 5.92 Å². The van der Waals surface area contributed by atoms with Gasteiger partial charge in [0.2, 0.25) is 11.8 Å². The fourth-order valence-electron chi connectivity index (χ4n) is 2.09. The summed E-state index contributed by atoms with van der Waals surface area (Å²) in [4.78, 5) is 23.5. The van der Waals surface area contributed by atoms with E-state index in [0.29, 0.717) is 0 Å². The molecule has 0 heterocycles. The molecule has 0 saturated heterocycles. The highest BCUT2D eigenvalue weighted by atomic mass is 16.2. The van der Waals surface area contributed by atoms with Gasteiger partial charge in [0.1, 0.15) is 0 Å². The maximum atomic E-state index is 11.8. The van der Waals surface area contributed by atoms with Crippen LogP contribution in [0.1, 0.15) is 24.8 Å². The van der Waals surface area contributed by atoms with Gasteiger partial charge in [-0.2, -0.15) is 0 Å². The molecule has 0 unspecified atom stereocenters. The van der Waals surface area contributed by atoms with Crippen LogP contribution in [0, 0.1) is 5.92 Å². The molecule has 0 fully saturated rings. The quantitative estimate of drug-likeness (QED) is 0.641. The van der Waals surface area contributed by atoms with Gasteiger partial charge in [-0.25, -0.2) is 0 Å². The van der Waals surface area contributed by atoms with E-state index in [4.69, 9.17) is 0 Å². The number of hydrazine groups is 1. The van der Waals surface area contributed by atoms with Crippen molar-refractivity contribution in [3.05, 3.63) is 48.0 Å². The van der Waals surface area contributed by atoms with E-state index in [1.54, 1.807) is 0 Å². The van der Waals surface area contributed by atoms with Crippen molar-refractivity contribution in [3.8, 4) is 0 Å². The highest BCUT2D eigenvalue weighted by Gasteiger charge is 2.18. The van der Waals surface area contributed by atoms with Crippen molar-refractivity contribution in [1.29, 1.82) is 0 Å². The summed E-state index contributed by atoms with van der Waals surface area (Å²) in [5.41, 5.74) is 5.89. The van der Waals surface area contributed by atoms with Crippen molar-refractivity contribution in [2.45, 2.75) is 25.7 Å². The Labute approximate surface area is 112 Å². The van der Waals surface area contributed by atoms with Crippen LogP contribution in [-0.2, 0) is 16.0 Å². The molecule has 1 aromatic carbocycles. The lowest BCUT2D eigenvalue weighted by molar-refractivity contribution is -0.131. The number of carbonyl (C=O) groups is 2. The molecular formula is C15H18N2O2. The predicted octanol–water partition coefficient (Wildman–Crippen LogP) is 1.73. The fourth-order valence-corrected chi connectivity index (χ4v) is 2.09. The summed E-state index contributed by atoms with van der Waals surface area (Å²) in [5, 5.41) is 0. The zero-order chi connectivity index (χ0) is 13.5. The number of hydrogen-bond donors (Lipinski definition) is 2. The SMILES string of the molecule is O=C(Cc1ccccc1)NNC(=O)[C@@H]1CC=CCC1. The fraction of sp³-hybridized carbons (Fsp3) is 0.333. The van der Waals surface area contributed by atoms with E-state index < -0.39 is 0 Å². The van der Waals surface area contributed by atoms with Gasteiger partial charge >= 0.3 is 0 Å². The number of benzene rings is 1. The van der Waals surface area contributed by atoms with Gasteiger partial charge in [0.05, 0.1) is 6.42 Å². The standard InChI is InChI=1S/C15H18N2O2/c18-14(11-12-7-3-1-4-8-12)16-17-15(19)13-9-5-2-6-10-13/h1-5,7-8,13H,6,9-11H2,(H,16,18)(H,17,19)/t13-/m1/s1. The molecule has 0 aliphatic heterocycles. The van der Waals surface area contributed by atoms with Gasteiger partial charge in [-0.1, -0.05) is 42.5 Å². The number of nitrogens with one attached hydrogen (secondary N) is 2. The van der Waals surface area contributed by atoms with Crippen LogP contribution in [-0.4, -0.2) is 11.8 Å². The Balaban J connectivity index is 1.74. The molecule has 0 aromatic heterocycles. The largest absolute Gasteiger partial charge is 0.273 e. The Hall–Kier alpha value is -2.10. The number of carbonyl (C=O) groups excluding carboxylic acids is 2. The first kappa shape index (κ1) is 13.3. The Morgan fingerprint density at radius 1 is 1.11 bits per heavy atom. The molecule has 1 aliphatic rings. The third-order valence-electron chi connectivity index (χ3n) is 3.17. The van der Waals surface area contributed by atoms with Gasteiger partial charge in [0.25, 0.3) is 0 Å². The highest BCUT2D eigenvalue weighted by Crippen LogP contribution is 2.17. The minimum Gasteiger partial charge on any atom is -0.273 e. The topological polar surface area (TPSA) is 58.2 Å². The van der Waals surface area contributed by atoms with Crippen LogP contribution < -0.4 is 10.9 Å². The number of hydrogen-bond acceptors (Lipinski definition) is 2. The van der Waals surface area contributed by atoms with Crippen LogP contribution in [0.2, 0.25) is 0 Å². The summed E-state index contributed by atoms with van der Waals surface area (Å²) in [6, 6.07) is 9.44. The lowest BCUT2D eigenvalue weighted by Crippen LogP contribution is -2.45. The molecule has 2 amide bonds. The average molecular weight is 258 g/mol. The minimum absolute atomic E-state index is 0.0259. The molecule has 2 rings (SSSR count). The van der Waals surface area contributed by atoms with Crippen LogP contribution in [0.4, 0.5) is 0 Å². The maximum absolute atomic E-state index is 11.8. The summed E-state index contributed by atoms with van der Waals surface area (Å²) in [5.74, 6) is -0.335. The second-order valence-corrected chi connectivity index (χ2v) is 4.68. The van der Waals surface area contributed by atoms with E-state index in [1.165, 1.54) is 0 Å². The molecule has 19 heavy (non-hydrogen) atoms. The molecule has 1 aliphatic carbocycles. The zero-order valence-electron chi connectivity index (χ0n) is 10.8. The van der Waals surface area contributed by atoms with Gasteiger partial charge in [0.15, 0.2) is 0 Å². The molecule has 1 atom stereocenters.